The zero-order valence-electron chi connectivity index (χ0n) is 14.0. The van der Waals surface area contributed by atoms with Crippen LogP contribution in [0.5, 0.6) is 5.75 Å². The number of carbonyl (C=O) groups is 1. The Bertz CT molecular complexity index is 464. The van der Waals surface area contributed by atoms with Crippen molar-refractivity contribution in [3.8, 4) is 5.75 Å². The SMILES string of the molecule is Cc1ccc(O[C@@H](C)C(=O)NCCC2CCN(C)CC2)cc1. The predicted molar refractivity (Wildman–Crippen MR) is 89.1 cm³/mol. The zero-order chi connectivity index (χ0) is 15.9. The highest BCUT2D eigenvalue weighted by atomic mass is 16.5. The largest absolute Gasteiger partial charge is 0.481 e. The molecule has 22 heavy (non-hydrogen) atoms. The molecule has 1 aromatic rings. The minimum absolute atomic E-state index is 0.0338. The molecule has 1 aliphatic rings. The van der Waals surface area contributed by atoms with Gasteiger partial charge in [-0.1, -0.05) is 17.7 Å². The van der Waals surface area contributed by atoms with E-state index >= 15 is 0 Å². The summed E-state index contributed by atoms with van der Waals surface area (Å²) in [7, 11) is 2.17. The molecule has 0 unspecified atom stereocenters. The molecule has 1 aliphatic heterocycles. The predicted octanol–water partition coefficient (Wildman–Crippen LogP) is 2.61. The second kappa shape index (κ2) is 8.18. The summed E-state index contributed by atoms with van der Waals surface area (Å²) in [6.07, 6.45) is 3.08. The molecule has 0 saturated carbocycles. The van der Waals surface area contributed by atoms with E-state index in [0.29, 0.717) is 0 Å². The van der Waals surface area contributed by atoms with Gasteiger partial charge in [-0.25, -0.2) is 0 Å². The molecule has 2 rings (SSSR count). The Morgan fingerprint density at radius 1 is 1.32 bits per heavy atom. The molecule has 1 amide bonds. The topological polar surface area (TPSA) is 41.6 Å². The molecule has 122 valence electrons. The molecule has 1 N–H and O–H groups in total. The summed E-state index contributed by atoms with van der Waals surface area (Å²) in [5.41, 5.74) is 1.18. The van der Waals surface area contributed by atoms with Gasteiger partial charge in [0.1, 0.15) is 5.75 Å². The number of nitrogens with one attached hydrogen (secondary N) is 1. The van der Waals surface area contributed by atoms with E-state index in [1.807, 2.05) is 31.2 Å². The van der Waals surface area contributed by atoms with Crippen LogP contribution in [0.3, 0.4) is 0 Å². The van der Waals surface area contributed by atoms with Crippen molar-refractivity contribution in [2.45, 2.75) is 39.2 Å². The Labute approximate surface area is 133 Å². The fourth-order valence-electron chi connectivity index (χ4n) is 2.77. The lowest BCUT2D eigenvalue weighted by atomic mass is 9.94. The summed E-state index contributed by atoms with van der Waals surface area (Å²) in [6.45, 7) is 6.92. The molecule has 1 fully saturated rings. The van der Waals surface area contributed by atoms with Gasteiger partial charge in [-0.15, -0.1) is 0 Å². The second-order valence-corrected chi connectivity index (χ2v) is 6.40. The van der Waals surface area contributed by atoms with Gasteiger partial charge < -0.3 is 15.0 Å². The number of hydrogen-bond donors (Lipinski definition) is 1. The highest BCUT2D eigenvalue weighted by Gasteiger charge is 2.18. The summed E-state index contributed by atoms with van der Waals surface area (Å²) in [5.74, 6) is 1.45. The van der Waals surface area contributed by atoms with Gasteiger partial charge in [0.25, 0.3) is 5.91 Å². The van der Waals surface area contributed by atoms with Crippen molar-refractivity contribution in [3.63, 3.8) is 0 Å². The first-order valence-electron chi connectivity index (χ1n) is 8.24. The summed E-state index contributed by atoms with van der Waals surface area (Å²) in [4.78, 5) is 14.4. The summed E-state index contributed by atoms with van der Waals surface area (Å²) < 4.78 is 5.67. The third kappa shape index (κ3) is 5.34. The summed E-state index contributed by atoms with van der Waals surface area (Å²) in [5, 5.41) is 3.00. The number of likely N-dealkylation sites (tertiary alicyclic amines) is 1. The maximum atomic E-state index is 12.1. The number of nitrogens with zero attached hydrogens (tertiary/aromatic N) is 1. The average Bonchev–Trinajstić information content (AvgIpc) is 2.51. The van der Waals surface area contributed by atoms with Gasteiger partial charge in [0, 0.05) is 6.54 Å². The third-order valence-corrected chi connectivity index (χ3v) is 4.39. The standard InChI is InChI=1S/C18H28N2O2/c1-14-4-6-17(7-5-14)22-15(2)18(21)19-11-8-16-9-12-20(3)13-10-16/h4-7,15-16H,8-13H2,1-3H3,(H,19,21)/t15-/m0/s1. The van der Waals surface area contributed by atoms with Crippen LogP contribution in [-0.4, -0.2) is 43.6 Å². The molecular weight excluding hydrogens is 276 g/mol. The van der Waals surface area contributed by atoms with Crippen molar-refractivity contribution < 1.29 is 9.53 Å². The fraction of sp³-hybridized carbons (Fsp3) is 0.611. The average molecular weight is 304 g/mol. The van der Waals surface area contributed by atoms with Crippen molar-refractivity contribution in [3.05, 3.63) is 29.8 Å². The lowest BCUT2D eigenvalue weighted by Crippen LogP contribution is -2.38. The van der Waals surface area contributed by atoms with Crippen LogP contribution < -0.4 is 10.1 Å². The number of rotatable bonds is 6. The number of amides is 1. The van der Waals surface area contributed by atoms with E-state index in [2.05, 4.69) is 17.3 Å². The maximum Gasteiger partial charge on any atom is 0.260 e. The Morgan fingerprint density at radius 3 is 2.59 bits per heavy atom. The quantitative estimate of drug-likeness (QED) is 0.878. The Kier molecular flexibility index (Phi) is 6.25. The van der Waals surface area contributed by atoms with Crippen molar-refractivity contribution in [1.82, 2.24) is 10.2 Å². The van der Waals surface area contributed by atoms with Gasteiger partial charge in [-0.3, -0.25) is 4.79 Å². The summed E-state index contributed by atoms with van der Waals surface area (Å²) in [6, 6.07) is 7.77. The Hall–Kier alpha value is -1.55. The Balaban J connectivity index is 1.67. The molecule has 0 spiro atoms. The normalized spacial score (nSPS) is 18.0. The maximum absolute atomic E-state index is 12.1. The third-order valence-electron chi connectivity index (χ3n) is 4.39. The van der Waals surface area contributed by atoms with Gasteiger partial charge >= 0.3 is 0 Å². The van der Waals surface area contributed by atoms with E-state index in [9.17, 15) is 4.79 Å². The van der Waals surface area contributed by atoms with Crippen LogP contribution in [0.2, 0.25) is 0 Å². The van der Waals surface area contributed by atoms with Crippen LogP contribution >= 0.6 is 0 Å². The van der Waals surface area contributed by atoms with Gasteiger partial charge in [-0.2, -0.15) is 0 Å². The van der Waals surface area contributed by atoms with Crippen molar-refractivity contribution in [2.24, 2.45) is 5.92 Å². The molecule has 0 aromatic heterocycles. The van der Waals surface area contributed by atoms with Crippen molar-refractivity contribution in [2.75, 3.05) is 26.7 Å². The van der Waals surface area contributed by atoms with Crippen molar-refractivity contribution >= 4 is 5.91 Å². The number of piperidine rings is 1. The molecule has 4 nitrogen and oxygen atoms in total. The van der Waals surface area contributed by atoms with Crippen LogP contribution in [-0.2, 0) is 4.79 Å². The molecule has 0 aliphatic carbocycles. The van der Waals surface area contributed by atoms with Gasteiger partial charge in [-0.05, 0) is 71.3 Å². The van der Waals surface area contributed by atoms with E-state index < -0.39 is 6.10 Å². The second-order valence-electron chi connectivity index (χ2n) is 6.40. The molecule has 1 aromatic carbocycles. The molecule has 0 bridgehead atoms. The van der Waals surface area contributed by atoms with E-state index in [0.717, 1.165) is 24.6 Å². The van der Waals surface area contributed by atoms with E-state index in [1.54, 1.807) is 6.92 Å². The highest BCUT2D eigenvalue weighted by molar-refractivity contribution is 5.80. The molecule has 1 heterocycles. The Morgan fingerprint density at radius 2 is 1.95 bits per heavy atom. The lowest BCUT2D eigenvalue weighted by molar-refractivity contribution is -0.127. The zero-order valence-corrected chi connectivity index (χ0v) is 14.0. The molecule has 0 radical (unpaired) electrons. The molecule has 1 saturated heterocycles. The number of carbonyl (C=O) groups excluding carboxylic acids is 1. The highest BCUT2D eigenvalue weighted by Crippen LogP contribution is 2.18. The number of aryl methyl sites for hydroxylation is 1. The van der Waals surface area contributed by atoms with E-state index in [-0.39, 0.29) is 5.91 Å². The number of ether oxygens (including phenoxy) is 1. The number of hydrogen-bond acceptors (Lipinski definition) is 3. The summed E-state index contributed by atoms with van der Waals surface area (Å²) >= 11 is 0. The van der Waals surface area contributed by atoms with E-state index in [4.69, 9.17) is 4.74 Å². The molecular formula is C18H28N2O2. The smallest absolute Gasteiger partial charge is 0.260 e. The fourth-order valence-corrected chi connectivity index (χ4v) is 2.77. The number of benzene rings is 1. The lowest BCUT2D eigenvalue weighted by Gasteiger charge is -2.29. The van der Waals surface area contributed by atoms with Crippen molar-refractivity contribution in [1.29, 1.82) is 0 Å². The first-order valence-corrected chi connectivity index (χ1v) is 8.24. The molecule has 1 atom stereocenters. The van der Waals surface area contributed by atoms with Gasteiger partial charge in [0.2, 0.25) is 0 Å². The minimum Gasteiger partial charge on any atom is -0.481 e. The molecule has 4 heteroatoms. The minimum atomic E-state index is -0.458. The monoisotopic (exact) mass is 304 g/mol. The van der Waals surface area contributed by atoms with Gasteiger partial charge in [0.05, 0.1) is 0 Å². The van der Waals surface area contributed by atoms with E-state index in [1.165, 1.54) is 31.5 Å². The van der Waals surface area contributed by atoms with Crippen LogP contribution in [0.1, 0.15) is 31.7 Å². The van der Waals surface area contributed by atoms with Crippen LogP contribution in [0.4, 0.5) is 0 Å². The van der Waals surface area contributed by atoms with Crippen LogP contribution in [0.25, 0.3) is 0 Å². The van der Waals surface area contributed by atoms with Crippen LogP contribution in [0.15, 0.2) is 24.3 Å². The van der Waals surface area contributed by atoms with Gasteiger partial charge in [0.15, 0.2) is 6.10 Å². The van der Waals surface area contributed by atoms with Crippen LogP contribution in [0, 0.1) is 12.8 Å². The first-order chi connectivity index (χ1) is 10.5. The first kappa shape index (κ1) is 16.8.